The minimum Gasteiger partial charge on any atom is -0.369 e. The fraction of sp³-hybridized carbons (Fsp3) is 0.667. The molecule has 0 aromatic heterocycles. The van der Waals surface area contributed by atoms with E-state index in [2.05, 4.69) is 54.9 Å². The number of nitrogens with two attached hydrogens (primary N) is 1. The number of halogens is 1. The number of benzene rings is 1. The third kappa shape index (κ3) is 4.54. The zero-order valence-corrected chi connectivity index (χ0v) is 15.0. The van der Waals surface area contributed by atoms with Gasteiger partial charge < -0.3 is 10.5 Å². The Hall–Kier alpha value is -0.380. The van der Waals surface area contributed by atoms with E-state index < -0.39 is 0 Å². The average molecular weight is 354 g/mol. The summed E-state index contributed by atoms with van der Waals surface area (Å²) in [5, 5.41) is 0. The number of ether oxygens (including phenoxy) is 1. The first kappa shape index (κ1) is 17.0. The van der Waals surface area contributed by atoms with E-state index in [1.807, 2.05) is 6.07 Å². The van der Waals surface area contributed by atoms with Crippen molar-refractivity contribution in [2.45, 2.75) is 71.1 Å². The molecule has 0 saturated heterocycles. The van der Waals surface area contributed by atoms with E-state index in [0.29, 0.717) is 11.5 Å². The van der Waals surface area contributed by atoms with Gasteiger partial charge in [-0.3, -0.25) is 0 Å². The highest BCUT2D eigenvalue weighted by molar-refractivity contribution is 9.10. The van der Waals surface area contributed by atoms with Gasteiger partial charge >= 0.3 is 0 Å². The summed E-state index contributed by atoms with van der Waals surface area (Å²) in [4.78, 5) is 0. The van der Waals surface area contributed by atoms with Gasteiger partial charge in [-0.1, -0.05) is 54.9 Å². The van der Waals surface area contributed by atoms with Crippen molar-refractivity contribution in [1.29, 1.82) is 0 Å². The zero-order valence-electron chi connectivity index (χ0n) is 13.4. The van der Waals surface area contributed by atoms with E-state index in [1.54, 1.807) is 0 Å². The summed E-state index contributed by atoms with van der Waals surface area (Å²) >= 11 is 3.64. The highest BCUT2D eigenvalue weighted by Gasteiger charge is 2.31. The molecule has 0 heterocycles. The van der Waals surface area contributed by atoms with E-state index in [4.69, 9.17) is 10.5 Å². The molecule has 21 heavy (non-hydrogen) atoms. The van der Waals surface area contributed by atoms with Crippen LogP contribution in [0.5, 0.6) is 0 Å². The van der Waals surface area contributed by atoms with Gasteiger partial charge in [0.2, 0.25) is 0 Å². The van der Waals surface area contributed by atoms with Crippen molar-refractivity contribution in [2.75, 3.05) is 0 Å². The van der Waals surface area contributed by atoms with Gasteiger partial charge in [-0.05, 0) is 49.1 Å². The molecule has 0 spiro atoms. The van der Waals surface area contributed by atoms with Crippen LogP contribution in [0.2, 0.25) is 0 Å². The van der Waals surface area contributed by atoms with Crippen LogP contribution in [-0.2, 0) is 4.74 Å². The summed E-state index contributed by atoms with van der Waals surface area (Å²) in [6.07, 6.45) is 6.01. The standard InChI is InChI=1S/C18H28BrNO/c1-4-16(20)17(14-7-5-6-8-15(14)19)21-13-9-11-18(2,3)12-10-13/h5-8,13,16-17H,4,9-12,20H2,1-3H3. The SMILES string of the molecule is CCC(N)C(OC1CCC(C)(C)CC1)c1ccccc1Br. The summed E-state index contributed by atoms with van der Waals surface area (Å²) < 4.78 is 7.54. The van der Waals surface area contributed by atoms with Gasteiger partial charge in [0.25, 0.3) is 0 Å². The van der Waals surface area contributed by atoms with Gasteiger partial charge in [-0.15, -0.1) is 0 Å². The summed E-state index contributed by atoms with van der Waals surface area (Å²) in [7, 11) is 0. The third-order valence-electron chi connectivity index (χ3n) is 4.70. The van der Waals surface area contributed by atoms with Crippen LogP contribution in [0.1, 0.15) is 64.5 Å². The lowest BCUT2D eigenvalue weighted by Crippen LogP contribution is -2.35. The molecule has 0 amide bonds. The van der Waals surface area contributed by atoms with Crippen molar-refractivity contribution >= 4 is 15.9 Å². The predicted octanol–water partition coefficient (Wildman–Crippen LogP) is 5.21. The molecule has 1 aromatic rings. The van der Waals surface area contributed by atoms with Crippen LogP contribution in [0, 0.1) is 5.41 Å². The second-order valence-corrected chi connectivity index (χ2v) is 7.87. The van der Waals surface area contributed by atoms with Gasteiger partial charge in [0, 0.05) is 10.5 Å². The van der Waals surface area contributed by atoms with Gasteiger partial charge in [-0.2, -0.15) is 0 Å². The quantitative estimate of drug-likeness (QED) is 0.787. The van der Waals surface area contributed by atoms with Crippen molar-refractivity contribution in [3.05, 3.63) is 34.3 Å². The monoisotopic (exact) mass is 353 g/mol. The molecule has 118 valence electrons. The van der Waals surface area contributed by atoms with Crippen LogP contribution in [-0.4, -0.2) is 12.1 Å². The zero-order chi connectivity index (χ0) is 15.5. The second-order valence-electron chi connectivity index (χ2n) is 7.01. The maximum atomic E-state index is 6.45. The molecule has 0 aliphatic heterocycles. The lowest BCUT2D eigenvalue weighted by molar-refractivity contribution is -0.0577. The summed E-state index contributed by atoms with van der Waals surface area (Å²) in [6, 6.07) is 8.32. The highest BCUT2D eigenvalue weighted by Crippen LogP contribution is 2.39. The van der Waals surface area contributed by atoms with Crippen molar-refractivity contribution in [3.8, 4) is 0 Å². The number of hydrogen-bond donors (Lipinski definition) is 1. The number of rotatable bonds is 5. The summed E-state index contributed by atoms with van der Waals surface area (Å²) in [5.41, 5.74) is 7.99. The molecule has 1 aliphatic carbocycles. The second kappa shape index (κ2) is 7.26. The molecule has 2 N–H and O–H groups in total. The first-order valence-electron chi connectivity index (χ1n) is 8.08. The normalized spacial score (nSPS) is 22.0. The Morgan fingerprint density at radius 3 is 2.48 bits per heavy atom. The topological polar surface area (TPSA) is 35.2 Å². The van der Waals surface area contributed by atoms with Crippen molar-refractivity contribution in [2.24, 2.45) is 11.1 Å². The molecule has 0 radical (unpaired) electrons. The van der Waals surface area contributed by atoms with Gasteiger partial charge in [0.1, 0.15) is 0 Å². The molecular formula is C18H28BrNO. The van der Waals surface area contributed by atoms with Crippen molar-refractivity contribution < 1.29 is 4.74 Å². The van der Waals surface area contributed by atoms with E-state index in [-0.39, 0.29) is 12.1 Å². The molecule has 2 unspecified atom stereocenters. The van der Waals surface area contributed by atoms with E-state index in [9.17, 15) is 0 Å². The first-order valence-corrected chi connectivity index (χ1v) is 8.88. The van der Waals surface area contributed by atoms with Crippen LogP contribution in [0.25, 0.3) is 0 Å². The highest BCUT2D eigenvalue weighted by atomic mass is 79.9. The first-order chi connectivity index (χ1) is 9.93. The molecule has 1 saturated carbocycles. The summed E-state index contributed by atoms with van der Waals surface area (Å²) in [6.45, 7) is 6.83. The predicted molar refractivity (Wildman–Crippen MR) is 92.3 cm³/mol. The molecule has 3 heteroatoms. The van der Waals surface area contributed by atoms with E-state index in [1.165, 1.54) is 18.4 Å². The molecule has 1 aliphatic rings. The Morgan fingerprint density at radius 1 is 1.29 bits per heavy atom. The van der Waals surface area contributed by atoms with Gasteiger partial charge in [-0.25, -0.2) is 0 Å². The third-order valence-corrected chi connectivity index (χ3v) is 5.42. The minimum absolute atomic E-state index is 0.0169. The van der Waals surface area contributed by atoms with Gasteiger partial charge in [0.05, 0.1) is 12.2 Å². The molecule has 0 bridgehead atoms. The maximum Gasteiger partial charge on any atom is 0.0990 e. The van der Waals surface area contributed by atoms with Crippen molar-refractivity contribution in [1.82, 2.24) is 0 Å². The Balaban J connectivity index is 2.10. The summed E-state index contributed by atoms with van der Waals surface area (Å²) in [5.74, 6) is 0. The molecule has 1 fully saturated rings. The average Bonchev–Trinajstić information content (AvgIpc) is 2.46. The van der Waals surface area contributed by atoms with Crippen molar-refractivity contribution in [3.63, 3.8) is 0 Å². The molecule has 2 atom stereocenters. The van der Waals surface area contributed by atoms with Crippen LogP contribution in [0.3, 0.4) is 0 Å². The Labute approximate surface area is 137 Å². The van der Waals surface area contributed by atoms with E-state index >= 15 is 0 Å². The maximum absolute atomic E-state index is 6.45. The smallest absolute Gasteiger partial charge is 0.0990 e. The minimum atomic E-state index is -0.0169. The fourth-order valence-electron chi connectivity index (χ4n) is 3.04. The Morgan fingerprint density at radius 2 is 1.90 bits per heavy atom. The largest absolute Gasteiger partial charge is 0.369 e. The Kier molecular flexibility index (Phi) is 5.87. The fourth-order valence-corrected chi connectivity index (χ4v) is 3.55. The van der Waals surface area contributed by atoms with E-state index in [0.717, 1.165) is 23.7 Å². The van der Waals surface area contributed by atoms with Crippen LogP contribution in [0.15, 0.2) is 28.7 Å². The Bertz CT molecular complexity index is 450. The molecular weight excluding hydrogens is 326 g/mol. The van der Waals surface area contributed by atoms with Gasteiger partial charge in [0.15, 0.2) is 0 Å². The molecule has 1 aromatic carbocycles. The van der Waals surface area contributed by atoms with Crippen LogP contribution >= 0.6 is 15.9 Å². The lowest BCUT2D eigenvalue weighted by atomic mass is 9.76. The van der Waals surface area contributed by atoms with Crippen LogP contribution in [0.4, 0.5) is 0 Å². The van der Waals surface area contributed by atoms with Crippen LogP contribution < -0.4 is 5.73 Å². The molecule has 2 rings (SSSR count). The lowest BCUT2D eigenvalue weighted by Gasteiger charge is -2.37. The number of hydrogen-bond acceptors (Lipinski definition) is 2. The molecule has 2 nitrogen and oxygen atoms in total.